The minimum absolute atomic E-state index is 0.176. The summed E-state index contributed by atoms with van der Waals surface area (Å²) in [6.07, 6.45) is 1.42. The average molecular weight is 294 g/mol. The lowest BCUT2D eigenvalue weighted by Gasteiger charge is -2.28. The number of aromatic nitrogens is 1. The molecule has 0 atom stereocenters. The lowest BCUT2D eigenvalue weighted by molar-refractivity contribution is 0.145. The van der Waals surface area contributed by atoms with E-state index in [1.165, 1.54) is 0 Å². The van der Waals surface area contributed by atoms with Crippen LogP contribution >= 0.6 is 11.3 Å². The van der Waals surface area contributed by atoms with Gasteiger partial charge in [0.1, 0.15) is 21.7 Å². The predicted molar refractivity (Wildman–Crippen MR) is 80.2 cm³/mol. The lowest BCUT2D eigenvalue weighted by atomic mass is 10.1. The number of nitrogens with zero attached hydrogens (tertiary/aromatic N) is 2. The molecule has 1 aliphatic rings. The summed E-state index contributed by atoms with van der Waals surface area (Å²) in [5.74, 6) is 1.59. The molecule has 3 rings (SSSR count). The zero-order chi connectivity index (χ0) is 14.1. The van der Waals surface area contributed by atoms with Gasteiger partial charge in [0.25, 0.3) is 0 Å². The topological polar surface area (TPSA) is 54.8 Å². The fourth-order valence-corrected chi connectivity index (χ4v) is 3.59. The summed E-state index contributed by atoms with van der Waals surface area (Å²) in [4.78, 5) is 6.92. The second-order valence-electron chi connectivity index (χ2n) is 4.86. The van der Waals surface area contributed by atoms with Crippen molar-refractivity contribution >= 4 is 26.7 Å². The van der Waals surface area contributed by atoms with Crippen molar-refractivity contribution in [3.63, 3.8) is 0 Å². The highest BCUT2D eigenvalue weighted by molar-refractivity contribution is 7.22. The molecule has 1 saturated heterocycles. The first-order valence-electron chi connectivity index (χ1n) is 6.67. The minimum atomic E-state index is -0.176. The van der Waals surface area contributed by atoms with E-state index in [2.05, 4.69) is 4.90 Å². The van der Waals surface area contributed by atoms with Gasteiger partial charge in [-0.05, 0) is 25.0 Å². The molecule has 1 N–H and O–H groups in total. The molecule has 6 heteroatoms. The fourth-order valence-electron chi connectivity index (χ4n) is 2.47. The Hall–Kier alpha value is -1.53. The Balaban J connectivity index is 2.01. The number of aliphatic hydroxyl groups is 1. The normalized spacial score (nSPS) is 16.6. The van der Waals surface area contributed by atoms with Crippen LogP contribution in [0.4, 0.5) is 5.13 Å². The van der Waals surface area contributed by atoms with Crippen LogP contribution in [0.1, 0.15) is 12.8 Å². The summed E-state index contributed by atoms with van der Waals surface area (Å²) in [7, 11) is 3.31. The third kappa shape index (κ3) is 2.29. The van der Waals surface area contributed by atoms with Gasteiger partial charge >= 0.3 is 0 Å². The molecule has 0 amide bonds. The van der Waals surface area contributed by atoms with Gasteiger partial charge in [-0.1, -0.05) is 11.3 Å². The van der Waals surface area contributed by atoms with E-state index < -0.39 is 0 Å². The van der Waals surface area contributed by atoms with Gasteiger partial charge in [0.15, 0.2) is 5.13 Å². The third-order valence-corrected chi connectivity index (χ3v) is 4.76. The number of rotatable bonds is 3. The zero-order valence-electron chi connectivity index (χ0n) is 11.6. The number of benzene rings is 1. The highest BCUT2D eigenvalue weighted by Gasteiger charge is 2.22. The maximum Gasteiger partial charge on any atom is 0.186 e. The molecule has 0 aliphatic carbocycles. The van der Waals surface area contributed by atoms with Gasteiger partial charge in [0.05, 0.1) is 20.3 Å². The molecule has 0 bridgehead atoms. The number of methoxy groups -OCH3 is 2. The Labute approximate surface area is 121 Å². The van der Waals surface area contributed by atoms with Gasteiger partial charge in [-0.25, -0.2) is 4.98 Å². The van der Waals surface area contributed by atoms with Crippen LogP contribution in [-0.4, -0.2) is 43.5 Å². The summed E-state index contributed by atoms with van der Waals surface area (Å²) >= 11 is 1.61. The quantitative estimate of drug-likeness (QED) is 0.941. The minimum Gasteiger partial charge on any atom is -0.495 e. The Morgan fingerprint density at radius 3 is 2.50 bits per heavy atom. The number of thiazole rings is 1. The molecule has 1 fully saturated rings. The second-order valence-corrected chi connectivity index (χ2v) is 5.84. The van der Waals surface area contributed by atoms with E-state index in [0.717, 1.165) is 52.8 Å². The van der Waals surface area contributed by atoms with Gasteiger partial charge in [-0.3, -0.25) is 0 Å². The van der Waals surface area contributed by atoms with Crippen molar-refractivity contribution in [2.45, 2.75) is 18.9 Å². The predicted octanol–water partition coefficient (Wildman–Crippen LogP) is 2.27. The first-order valence-corrected chi connectivity index (χ1v) is 7.49. The summed E-state index contributed by atoms with van der Waals surface area (Å²) in [6.45, 7) is 1.68. The monoisotopic (exact) mass is 294 g/mol. The van der Waals surface area contributed by atoms with Gasteiger partial charge in [0.2, 0.25) is 0 Å². The molecule has 2 heterocycles. The standard InChI is InChI=1S/C14H18N2O3S/c1-18-10-3-4-11(19-2)13-12(10)15-14(20-13)16-7-5-9(17)6-8-16/h3-4,9,17H,5-8H2,1-2H3. The maximum absolute atomic E-state index is 9.59. The summed E-state index contributed by atoms with van der Waals surface area (Å²) in [5, 5.41) is 10.6. The number of fused-ring (bicyclic) bond motifs is 1. The van der Waals surface area contributed by atoms with Gasteiger partial charge in [0, 0.05) is 13.1 Å². The number of anilines is 1. The van der Waals surface area contributed by atoms with Crippen LogP contribution in [0.3, 0.4) is 0 Å². The van der Waals surface area contributed by atoms with Crippen LogP contribution in [0.25, 0.3) is 10.2 Å². The third-order valence-electron chi connectivity index (χ3n) is 3.63. The summed E-state index contributed by atoms with van der Waals surface area (Å²) in [6, 6.07) is 3.79. The van der Waals surface area contributed by atoms with E-state index in [0.29, 0.717) is 0 Å². The summed E-state index contributed by atoms with van der Waals surface area (Å²) < 4.78 is 11.8. The van der Waals surface area contributed by atoms with E-state index in [4.69, 9.17) is 14.5 Å². The van der Waals surface area contributed by atoms with Crippen LogP contribution < -0.4 is 14.4 Å². The second kappa shape index (κ2) is 5.46. The molecule has 20 heavy (non-hydrogen) atoms. The number of piperidine rings is 1. The first kappa shape index (κ1) is 13.5. The van der Waals surface area contributed by atoms with Gasteiger partial charge in [-0.15, -0.1) is 0 Å². The van der Waals surface area contributed by atoms with Crippen molar-refractivity contribution in [3.8, 4) is 11.5 Å². The molecule has 0 unspecified atom stereocenters. The van der Waals surface area contributed by atoms with Gasteiger partial charge in [-0.2, -0.15) is 0 Å². The van der Waals surface area contributed by atoms with Crippen molar-refractivity contribution in [1.82, 2.24) is 4.98 Å². The largest absolute Gasteiger partial charge is 0.495 e. The van der Waals surface area contributed by atoms with Crippen LogP contribution in [0.15, 0.2) is 12.1 Å². The Morgan fingerprint density at radius 1 is 1.20 bits per heavy atom. The molecular formula is C14H18N2O3S. The van der Waals surface area contributed by atoms with Crippen LogP contribution in [0.5, 0.6) is 11.5 Å². The van der Waals surface area contributed by atoms with Crippen molar-refractivity contribution in [2.24, 2.45) is 0 Å². The van der Waals surface area contributed by atoms with E-state index in [1.54, 1.807) is 25.6 Å². The number of hydrogen-bond donors (Lipinski definition) is 1. The Morgan fingerprint density at radius 2 is 1.85 bits per heavy atom. The maximum atomic E-state index is 9.59. The Kier molecular flexibility index (Phi) is 3.67. The molecule has 0 spiro atoms. The van der Waals surface area contributed by atoms with Crippen LogP contribution in [0.2, 0.25) is 0 Å². The number of ether oxygens (including phenoxy) is 2. The molecule has 0 radical (unpaired) electrons. The lowest BCUT2D eigenvalue weighted by Crippen LogP contribution is -2.35. The van der Waals surface area contributed by atoms with Crippen molar-refractivity contribution in [1.29, 1.82) is 0 Å². The molecule has 1 aromatic heterocycles. The SMILES string of the molecule is COc1ccc(OC)c2sc(N3CCC(O)CC3)nc12. The molecule has 2 aromatic rings. The van der Waals surface area contributed by atoms with Gasteiger partial charge < -0.3 is 19.5 Å². The smallest absolute Gasteiger partial charge is 0.186 e. The first-order chi connectivity index (χ1) is 9.72. The van der Waals surface area contributed by atoms with Crippen molar-refractivity contribution < 1.29 is 14.6 Å². The van der Waals surface area contributed by atoms with E-state index >= 15 is 0 Å². The highest BCUT2D eigenvalue weighted by atomic mass is 32.1. The summed E-state index contributed by atoms with van der Waals surface area (Å²) in [5.41, 5.74) is 0.845. The van der Waals surface area contributed by atoms with E-state index in [-0.39, 0.29) is 6.10 Å². The fraction of sp³-hybridized carbons (Fsp3) is 0.500. The molecule has 0 saturated carbocycles. The van der Waals surface area contributed by atoms with Crippen LogP contribution in [-0.2, 0) is 0 Å². The highest BCUT2D eigenvalue weighted by Crippen LogP contribution is 2.40. The number of aliphatic hydroxyl groups excluding tert-OH is 1. The zero-order valence-corrected chi connectivity index (χ0v) is 12.4. The van der Waals surface area contributed by atoms with Crippen LogP contribution in [0, 0.1) is 0 Å². The Bertz CT molecular complexity index is 565. The molecule has 5 nitrogen and oxygen atoms in total. The molecule has 108 valence electrons. The molecular weight excluding hydrogens is 276 g/mol. The van der Waals surface area contributed by atoms with E-state index in [9.17, 15) is 5.11 Å². The van der Waals surface area contributed by atoms with Crippen molar-refractivity contribution in [2.75, 3.05) is 32.2 Å². The average Bonchev–Trinajstić information content (AvgIpc) is 2.92. The van der Waals surface area contributed by atoms with E-state index in [1.807, 2.05) is 12.1 Å². The molecule has 1 aromatic carbocycles. The number of hydrogen-bond acceptors (Lipinski definition) is 6. The molecule has 1 aliphatic heterocycles. The van der Waals surface area contributed by atoms with Crippen molar-refractivity contribution in [3.05, 3.63) is 12.1 Å².